The molecule has 4 aromatic carbocycles. The highest BCUT2D eigenvalue weighted by Crippen LogP contribution is 2.58. The minimum Gasteiger partial charge on any atom is -0.322 e. The minimum atomic E-state index is -2.03. The van der Waals surface area contributed by atoms with E-state index in [2.05, 4.69) is 108 Å². The van der Waals surface area contributed by atoms with E-state index >= 15 is 0 Å². The number of amides is 1. The summed E-state index contributed by atoms with van der Waals surface area (Å²) < 4.78 is 0. The van der Waals surface area contributed by atoms with Crippen molar-refractivity contribution in [3.8, 4) is 0 Å². The van der Waals surface area contributed by atoms with Gasteiger partial charge in [0.05, 0.1) is 0 Å². The Bertz CT molecular complexity index is 1090. The van der Waals surface area contributed by atoms with Crippen LogP contribution in [0.5, 0.6) is 0 Å². The predicted octanol–water partition coefficient (Wildman–Crippen LogP) is 5.70. The van der Waals surface area contributed by atoms with Gasteiger partial charge < -0.3 is 5.32 Å². The lowest BCUT2D eigenvalue weighted by Gasteiger charge is -2.28. The molecule has 0 spiro atoms. The zero-order valence-corrected chi connectivity index (χ0v) is 19.1. The molecule has 0 saturated carbocycles. The Morgan fingerprint density at radius 1 is 0.688 bits per heavy atom. The van der Waals surface area contributed by atoms with Crippen LogP contribution in [-0.4, -0.2) is 5.91 Å². The quantitative estimate of drug-likeness (QED) is 0.292. The minimum absolute atomic E-state index is 0.108. The van der Waals surface area contributed by atoms with Crippen LogP contribution in [0.2, 0.25) is 0 Å². The fraction of sp³-hybridized carbons (Fsp3) is 0.0690. The number of hydrogen-bond donors (Lipinski definition) is 1. The van der Waals surface area contributed by atoms with E-state index in [0.717, 1.165) is 17.4 Å². The molecule has 0 aliphatic carbocycles. The van der Waals surface area contributed by atoms with Gasteiger partial charge in [-0.1, -0.05) is 78.9 Å². The van der Waals surface area contributed by atoms with Crippen LogP contribution in [0.3, 0.4) is 0 Å². The third kappa shape index (κ3) is 4.56. The first-order valence-corrected chi connectivity index (χ1v) is 12.8. The van der Waals surface area contributed by atoms with Crippen molar-refractivity contribution < 1.29 is 4.79 Å². The second-order valence-electron chi connectivity index (χ2n) is 7.62. The molecule has 0 unspecified atom stereocenters. The van der Waals surface area contributed by atoms with E-state index in [1.165, 1.54) is 15.9 Å². The Morgan fingerprint density at radius 2 is 1.12 bits per heavy atom. The van der Waals surface area contributed by atoms with Crippen LogP contribution in [0.1, 0.15) is 12.5 Å². The SMILES string of the molecule is C/C=C/C(=O)Nc1ccccc1C[P+](c1ccccc1)(c1ccccc1)c1ccccc1. The predicted molar refractivity (Wildman–Crippen MR) is 139 cm³/mol. The molecule has 0 aliphatic heterocycles. The summed E-state index contributed by atoms with van der Waals surface area (Å²) in [5, 5.41) is 7.06. The van der Waals surface area contributed by atoms with Gasteiger partial charge in [0.2, 0.25) is 5.91 Å². The topological polar surface area (TPSA) is 29.1 Å². The lowest BCUT2D eigenvalue weighted by Crippen LogP contribution is -2.32. The molecule has 1 amide bonds. The van der Waals surface area contributed by atoms with Gasteiger partial charge in [0.25, 0.3) is 0 Å². The number of hydrogen-bond acceptors (Lipinski definition) is 1. The monoisotopic (exact) mass is 436 g/mol. The molecule has 0 radical (unpaired) electrons. The fourth-order valence-electron chi connectivity index (χ4n) is 4.13. The molecule has 2 nitrogen and oxygen atoms in total. The summed E-state index contributed by atoms with van der Waals surface area (Å²) in [5.74, 6) is -0.108. The van der Waals surface area contributed by atoms with Crippen molar-refractivity contribution in [3.05, 3.63) is 133 Å². The molecule has 0 heterocycles. The van der Waals surface area contributed by atoms with E-state index in [0.29, 0.717) is 0 Å². The molecule has 0 aliphatic rings. The van der Waals surface area contributed by atoms with Crippen LogP contribution in [0.4, 0.5) is 5.69 Å². The highest BCUT2D eigenvalue weighted by atomic mass is 31.2. The van der Waals surface area contributed by atoms with Crippen molar-refractivity contribution in [3.63, 3.8) is 0 Å². The van der Waals surface area contributed by atoms with Crippen LogP contribution < -0.4 is 21.2 Å². The number of nitrogens with one attached hydrogen (secondary N) is 1. The molecular weight excluding hydrogens is 409 g/mol. The van der Waals surface area contributed by atoms with Crippen LogP contribution >= 0.6 is 7.26 Å². The molecule has 3 heteroatoms. The molecule has 0 saturated heterocycles. The molecular formula is C29H27NOP+. The Kier molecular flexibility index (Phi) is 6.94. The highest BCUT2D eigenvalue weighted by molar-refractivity contribution is 7.95. The largest absolute Gasteiger partial charge is 0.322 e. The van der Waals surface area contributed by atoms with E-state index in [4.69, 9.17) is 0 Å². The molecule has 4 rings (SSSR count). The number of carbonyl (C=O) groups excluding carboxylic acids is 1. The highest BCUT2D eigenvalue weighted by Gasteiger charge is 2.45. The van der Waals surface area contributed by atoms with Crippen molar-refractivity contribution in [2.75, 3.05) is 5.32 Å². The average Bonchev–Trinajstić information content (AvgIpc) is 2.85. The number of rotatable bonds is 7. The fourth-order valence-corrected chi connectivity index (χ4v) is 8.40. The third-order valence-corrected chi connectivity index (χ3v) is 9.95. The Balaban J connectivity index is 1.93. The smallest absolute Gasteiger partial charge is 0.248 e. The Labute approximate surface area is 191 Å². The van der Waals surface area contributed by atoms with Crippen molar-refractivity contribution in [2.24, 2.45) is 0 Å². The van der Waals surface area contributed by atoms with E-state index in [9.17, 15) is 4.79 Å². The van der Waals surface area contributed by atoms with E-state index in [1.807, 2.05) is 19.1 Å². The second-order valence-corrected chi connectivity index (χ2v) is 11.1. The van der Waals surface area contributed by atoms with Crippen LogP contribution in [-0.2, 0) is 11.0 Å². The summed E-state index contributed by atoms with van der Waals surface area (Å²) >= 11 is 0. The molecule has 32 heavy (non-hydrogen) atoms. The van der Waals surface area contributed by atoms with Crippen molar-refractivity contribution in [2.45, 2.75) is 13.1 Å². The first kappa shape index (κ1) is 21.7. The van der Waals surface area contributed by atoms with Gasteiger partial charge in [-0.15, -0.1) is 0 Å². The number of para-hydroxylation sites is 1. The van der Waals surface area contributed by atoms with Gasteiger partial charge in [-0.25, -0.2) is 0 Å². The molecule has 4 aromatic rings. The maximum Gasteiger partial charge on any atom is 0.248 e. The zero-order valence-electron chi connectivity index (χ0n) is 18.2. The van der Waals surface area contributed by atoms with Gasteiger partial charge in [-0.3, -0.25) is 4.79 Å². The van der Waals surface area contributed by atoms with E-state index in [1.54, 1.807) is 12.2 Å². The number of anilines is 1. The van der Waals surface area contributed by atoms with Crippen LogP contribution in [0.25, 0.3) is 0 Å². The van der Waals surface area contributed by atoms with Crippen LogP contribution in [0.15, 0.2) is 127 Å². The third-order valence-electron chi connectivity index (χ3n) is 5.59. The molecule has 0 atom stereocenters. The van der Waals surface area contributed by atoms with Crippen molar-refractivity contribution in [1.29, 1.82) is 0 Å². The number of allylic oxidation sites excluding steroid dienone is 1. The zero-order chi connectivity index (χ0) is 22.2. The standard InChI is InChI=1S/C29H26NOP/c1-2-14-29(31)30-28-22-13-12-15-24(28)23-32(25-16-6-3-7-17-25,26-18-8-4-9-19-26)27-20-10-5-11-21-27/h2-22H,23H2,1H3/p+1/b14-2+. The number of benzene rings is 4. The lowest BCUT2D eigenvalue weighted by atomic mass is 10.2. The summed E-state index contributed by atoms with van der Waals surface area (Å²) in [6.07, 6.45) is 4.13. The van der Waals surface area contributed by atoms with Gasteiger partial charge in [-0.2, -0.15) is 0 Å². The Hall–Kier alpha value is -3.48. The average molecular weight is 437 g/mol. The van der Waals surface area contributed by atoms with Crippen molar-refractivity contribution in [1.82, 2.24) is 0 Å². The van der Waals surface area contributed by atoms with Gasteiger partial charge in [-0.05, 0) is 55.5 Å². The normalized spacial score (nSPS) is 11.4. The maximum atomic E-state index is 12.4. The Morgan fingerprint density at radius 3 is 1.59 bits per heavy atom. The van der Waals surface area contributed by atoms with Gasteiger partial charge in [0.15, 0.2) is 0 Å². The first-order chi connectivity index (χ1) is 15.7. The van der Waals surface area contributed by atoms with Crippen molar-refractivity contribution >= 4 is 34.8 Å². The second kappa shape index (κ2) is 10.2. The summed E-state index contributed by atoms with van der Waals surface area (Å²) in [6, 6.07) is 40.6. The summed E-state index contributed by atoms with van der Waals surface area (Å²) in [5.41, 5.74) is 2.00. The summed E-state index contributed by atoms with van der Waals surface area (Å²) in [4.78, 5) is 12.4. The van der Waals surface area contributed by atoms with E-state index in [-0.39, 0.29) is 5.91 Å². The van der Waals surface area contributed by atoms with Gasteiger partial charge >= 0.3 is 0 Å². The molecule has 0 fully saturated rings. The van der Waals surface area contributed by atoms with E-state index < -0.39 is 7.26 Å². The summed E-state index contributed by atoms with van der Waals surface area (Å²) in [6.45, 7) is 1.85. The first-order valence-electron chi connectivity index (χ1n) is 10.8. The molecule has 1 N–H and O–H groups in total. The molecule has 0 aromatic heterocycles. The molecule has 158 valence electrons. The van der Waals surface area contributed by atoms with Gasteiger partial charge in [0, 0.05) is 11.3 Å². The number of carbonyl (C=O) groups is 1. The lowest BCUT2D eigenvalue weighted by molar-refractivity contribution is -0.111. The summed E-state index contributed by atoms with van der Waals surface area (Å²) in [7, 11) is -2.03. The van der Waals surface area contributed by atoms with Gasteiger partial charge in [0.1, 0.15) is 29.3 Å². The van der Waals surface area contributed by atoms with Crippen LogP contribution in [0, 0.1) is 0 Å². The molecule has 0 bridgehead atoms. The maximum absolute atomic E-state index is 12.4.